The lowest BCUT2D eigenvalue weighted by atomic mass is 9.94. The molecule has 2 rings (SSSR count). The molecule has 1 fully saturated rings. The van der Waals surface area contributed by atoms with Crippen molar-refractivity contribution in [2.75, 3.05) is 13.1 Å². The number of benzene rings is 1. The second kappa shape index (κ2) is 8.02. The van der Waals surface area contributed by atoms with E-state index in [1.807, 2.05) is 24.3 Å². The Morgan fingerprint density at radius 1 is 1.25 bits per heavy atom. The van der Waals surface area contributed by atoms with Crippen LogP contribution in [0.3, 0.4) is 0 Å². The fourth-order valence-corrected chi connectivity index (χ4v) is 3.50. The van der Waals surface area contributed by atoms with Crippen molar-refractivity contribution in [1.82, 2.24) is 4.90 Å². The largest absolute Gasteiger partial charge is 0.388 e. The summed E-state index contributed by atoms with van der Waals surface area (Å²) in [5, 5.41) is 11.0. The lowest BCUT2D eigenvalue weighted by molar-refractivity contribution is 0.112. The van der Waals surface area contributed by atoms with E-state index in [1.165, 1.54) is 32.1 Å². The maximum atomic E-state index is 10.3. The third-order valence-corrected chi connectivity index (χ3v) is 4.80. The van der Waals surface area contributed by atoms with Crippen molar-refractivity contribution in [1.29, 1.82) is 0 Å². The lowest BCUT2D eigenvalue weighted by Crippen LogP contribution is -2.37. The van der Waals surface area contributed by atoms with Crippen molar-refractivity contribution >= 4 is 11.6 Å². The van der Waals surface area contributed by atoms with Crippen LogP contribution in [0, 0.1) is 0 Å². The molecular formula is C17H26ClNO. The predicted molar refractivity (Wildman–Crippen MR) is 85.1 cm³/mol. The average molecular weight is 296 g/mol. The van der Waals surface area contributed by atoms with Gasteiger partial charge in [0.2, 0.25) is 0 Å². The zero-order chi connectivity index (χ0) is 14.4. The first-order valence-corrected chi connectivity index (χ1v) is 8.26. The summed E-state index contributed by atoms with van der Waals surface area (Å²) in [5.41, 5.74) is 0.855. The highest BCUT2D eigenvalue weighted by molar-refractivity contribution is 6.31. The van der Waals surface area contributed by atoms with E-state index in [0.29, 0.717) is 11.1 Å². The summed E-state index contributed by atoms with van der Waals surface area (Å²) in [4.78, 5) is 2.53. The molecule has 112 valence electrons. The molecule has 0 heterocycles. The molecular weight excluding hydrogens is 270 g/mol. The number of aliphatic hydroxyl groups is 1. The maximum Gasteiger partial charge on any atom is 0.0816 e. The van der Waals surface area contributed by atoms with Gasteiger partial charge in [0.25, 0.3) is 0 Å². The van der Waals surface area contributed by atoms with Crippen LogP contribution in [0.15, 0.2) is 24.3 Å². The minimum atomic E-state index is -0.457. The molecule has 1 atom stereocenters. The lowest BCUT2D eigenvalue weighted by Gasteiger charge is -2.34. The standard InChI is InChI=1S/C17H26ClNO/c1-2-19(14-8-4-3-5-9-14)13-12-17(20)15-10-6-7-11-16(15)18/h6-7,10-11,14,17,20H,2-5,8-9,12-13H2,1H3. The highest BCUT2D eigenvalue weighted by atomic mass is 35.5. The average Bonchev–Trinajstić information content (AvgIpc) is 2.49. The molecule has 2 nitrogen and oxygen atoms in total. The number of hydrogen-bond acceptors (Lipinski definition) is 2. The molecule has 0 amide bonds. The topological polar surface area (TPSA) is 23.5 Å². The summed E-state index contributed by atoms with van der Waals surface area (Å²) in [6.45, 7) is 4.24. The van der Waals surface area contributed by atoms with Crippen LogP contribution in [0.4, 0.5) is 0 Å². The van der Waals surface area contributed by atoms with Gasteiger partial charge in [-0.2, -0.15) is 0 Å². The van der Waals surface area contributed by atoms with E-state index in [-0.39, 0.29) is 0 Å². The fourth-order valence-electron chi connectivity index (χ4n) is 3.23. The Morgan fingerprint density at radius 3 is 2.60 bits per heavy atom. The van der Waals surface area contributed by atoms with Crippen molar-refractivity contribution in [2.45, 2.75) is 57.6 Å². The molecule has 0 aliphatic heterocycles. The molecule has 20 heavy (non-hydrogen) atoms. The Balaban J connectivity index is 1.87. The molecule has 1 aromatic rings. The van der Waals surface area contributed by atoms with Crippen LogP contribution in [0.5, 0.6) is 0 Å². The Kier molecular flexibility index (Phi) is 6.34. The fraction of sp³-hybridized carbons (Fsp3) is 0.647. The van der Waals surface area contributed by atoms with Crippen molar-refractivity contribution in [3.8, 4) is 0 Å². The molecule has 1 aliphatic rings. The maximum absolute atomic E-state index is 10.3. The van der Waals surface area contributed by atoms with Crippen LogP contribution in [-0.2, 0) is 0 Å². The van der Waals surface area contributed by atoms with Gasteiger partial charge in [0.1, 0.15) is 0 Å². The van der Waals surface area contributed by atoms with Gasteiger partial charge in [-0.3, -0.25) is 0 Å². The Bertz CT molecular complexity index is 404. The molecule has 0 radical (unpaired) electrons. The van der Waals surface area contributed by atoms with Gasteiger partial charge in [0.05, 0.1) is 6.10 Å². The molecule has 1 aromatic carbocycles. The van der Waals surface area contributed by atoms with Gasteiger partial charge in [0.15, 0.2) is 0 Å². The molecule has 1 unspecified atom stereocenters. The zero-order valence-electron chi connectivity index (χ0n) is 12.4. The summed E-state index contributed by atoms with van der Waals surface area (Å²) < 4.78 is 0. The first-order valence-electron chi connectivity index (χ1n) is 7.89. The van der Waals surface area contributed by atoms with E-state index >= 15 is 0 Å². The van der Waals surface area contributed by atoms with Crippen LogP contribution >= 0.6 is 11.6 Å². The van der Waals surface area contributed by atoms with Gasteiger partial charge < -0.3 is 10.0 Å². The Hall–Kier alpha value is -0.570. The van der Waals surface area contributed by atoms with Crippen LogP contribution in [0.1, 0.15) is 57.1 Å². The quantitative estimate of drug-likeness (QED) is 0.840. The van der Waals surface area contributed by atoms with E-state index in [0.717, 1.165) is 25.1 Å². The molecule has 0 saturated heterocycles. The first kappa shape index (κ1) is 15.8. The van der Waals surface area contributed by atoms with Crippen molar-refractivity contribution in [2.24, 2.45) is 0 Å². The third kappa shape index (κ3) is 4.21. The summed E-state index contributed by atoms with van der Waals surface area (Å²) in [6, 6.07) is 8.32. The molecule has 0 spiro atoms. The third-order valence-electron chi connectivity index (χ3n) is 4.45. The summed E-state index contributed by atoms with van der Waals surface area (Å²) in [6.07, 6.45) is 7.03. The molecule has 1 saturated carbocycles. The van der Waals surface area contributed by atoms with Gasteiger partial charge in [0, 0.05) is 17.6 Å². The van der Waals surface area contributed by atoms with Gasteiger partial charge in [-0.05, 0) is 37.4 Å². The van der Waals surface area contributed by atoms with Crippen molar-refractivity contribution in [3.05, 3.63) is 34.9 Å². The smallest absolute Gasteiger partial charge is 0.0816 e. The van der Waals surface area contributed by atoms with Gasteiger partial charge in [-0.25, -0.2) is 0 Å². The normalized spacial score (nSPS) is 18.4. The monoisotopic (exact) mass is 295 g/mol. The second-order valence-electron chi connectivity index (χ2n) is 5.75. The van der Waals surface area contributed by atoms with Crippen LogP contribution in [0.2, 0.25) is 5.02 Å². The van der Waals surface area contributed by atoms with Crippen molar-refractivity contribution < 1.29 is 5.11 Å². The first-order chi connectivity index (χ1) is 9.72. The van der Waals surface area contributed by atoms with Crippen molar-refractivity contribution in [3.63, 3.8) is 0 Å². The molecule has 3 heteroatoms. The highest BCUT2D eigenvalue weighted by Crippen LogP contribution is 2.27. The molecule has 0 aromatic heterocycles. The summed E-state index contributed by atoms with van der Waals surface area (Å²) in [5.74, 6) is 0. The van der Waals surface area contributed by atoms with Gasteiger partial charge >= 0.3 is 0 Å². The molecule has 1 aliphatic carbocycles. The molecule has 0 bridgehead atoms. The van der Waals surface area contributed by atoms with E-state index in [4.69, 9.17) is 11.6 Å². The second-order valence-corrected chi connectivity index (χ2v) is 6.15. The summed E-state index contributed by atoms with van der Waals surface area (Å²) >= 11 is 6.14. The van der Waals surface area contributed by atoms with E-state index in [2.05, 4.69) is 11.8 Å². The number of halogens is 1. The number of rotatable bonds is 6. The van der Waals surface area contributed by atoms with E-state index < -0.39 is 6.10 Å². The SMILES string of the molecule is CCN(CCC(O)c1ccccc1Cl)C1CCCCC1. The van der Waals surface area contributed by atoms with Crippen LogP contribution in [0.25, 0.3) is 0 Å². The minimum Gasteiger partial charge on any atom is -0.388 e. The number of hydrogen-bond donors (Lipinski definition) is 1. The highest BCUT2D eigenvalue weighted by Gasteiger charge is 2.21. The Labute approximate surface area is 127 Å². The van der Waals surface area contributed by atoms with Crippen LogP contribution < -0.4 is 0 Å². The zero-order valence-corrected chi connectivity index (χ0v) is 13.1. The number of aliphatic hydroxyl groups excluding tert-OH is 1. The minimum absolute atomic E-state index is 0.457. The molecule has 1 N–H and O–H groups in total. The van der Waals surface area contributed by atoms with Gasteiger partial charge in [-0.1, -0.05) is 56.0 Å². The van der Waals surface area contributed by atoms with E-state index in [9.17, 15) is 5.11 Å². The van der Waals surface area contributed by atoms with Crippen LogP contribution in [-0.4, -0.2) is 29.1 Å². The predicted octanol–water partition coefficient (Wildman–Crippen LogP) is 4.42. The van der Waals surface area contributed by atoms with Gasteiger partial charge in [-0.15, -0.1) is 0 Å². The summed E-state index contributed by atoms with van der Waals surface area (Å²) in [7, 11) is 0. The van der Waals surface area contributed by atoms with E-state index in [1.54, 1.807) is 0 Å². The number of nitrogens with zero attached hydrogens (tertiary/aromatic N) is 1. The Morgan fingerprint density at radius 2 is 1.95 bits per heavy atom.